The molecule has 2 fully saturated rings. The van der Waals surface area contributed by atoms with Gasteiger partial charge in [-0.05, 0) is 49.6 Å². The smallest absolute Gasteiger partial charge is 0.373 e. The van der Waals surface area contributed by atoms with Crippen LogP contribution in [0.1, 0.15) is 36.2 Å². The van der Waals surface area contributed by atoms with Crippen molar-refractivity contribution in [2.75, 3.05) is 25.5 Å². The number of anilines is 1. The average molecular weight is 342 g/mol. The van der Waals surface area contributed by atoms with Gasteiger partial charge in [-0.1, -0.05) is 12.8 Å². The summed E-state index contributed by atoms with van der Waals surface area (Å²) in [5.74, 6) is 0.165. The molecule has 2 atom stereocenters. The highest BCUT2D eigenvalue weighted by Gasteiger charge is 2.49. The van der Waals surface area contributed by atoms with Crippen LogP contribution in [0.5, 0.6) is 0 Å². The lowest BCUT2D eigenvalue weighted by Gasteiger charge is -2.37. The fraction of sp³-hybridized carbons (Fsp3) is 0.474. The Balaban J connectivity index is 1.57. The van der Waals surface area contributed by atoms with Crippen molar-refractivity contribution < 1.29 is 18.7 Å². The summed E-state index contributed by atoms with van der Waals surface area (Å²) < 4.78 is 10.1. The minimum absolute atomic E-state index is 0.0956. The molecule has 1 aromatic heterocycles. The van der Waals surface area contributed by atoms with Crippen molar-refractivity contribution in [1.29, 1.82) is 0 Å². The van der Waals surface area contributed by atoms with E-state index >= 15 is 0 Å². The predicted molar refractivity (Wildman–Crippen MR) is 93.4 cm³/mol. The summed E-state index contributed by atoms with van der Waals surface area (Å²) in [6.07, 6.45) is 4.37. The van der Waals surface area contributed by atoms with Crippen molar-refractivity contribution in [2.24, 2.45) is 11.3 Å². The molecule has 6 nitrogen and oxygen atoms in total. The quantitative estimate of drug-likeness (QED) is 0.838. The lowest BCUT2D eigenvalue weighted by atomic mass is 9.67. The Morgan fingerprint density at radius 2 is 2.20 bits per heavy atom. The van der Waals surface area contributed by atoms with Crippen molar-refractivity contribution in [3.8, 4) is 0 Å². The van der Waals surface area contributed by atoms with E-state index in [1.807, 2.05) is 12.1 Å². The van der Waals surface area contributed by atoms with Gasteiger partial charge in [-0.25, -0.2) is 4.79 Å². The van der Waals surface area contributed by atoms with Gasteiger partial charge in [0.25, 0.3) is 0 Å². The number of furan rings is 1. The zero-order valence-corrected chi connectivity index (χ0v) is 14.3. The largest absolute Gasteiger partial charge is 0.463 e. The number of esters is 1. The molecule has 132 valence electrons. The second kappa shape index (κ2) is 6.19. The third kappa shape index (κ3) is 2.70. The molecule has 1 aromatic carbocycles. The van der Waals surface area contributed by atoms with Gasteiger partial charge >= 0.3 is 5.97 Å². The number of benzene rings is 1. The van der Waals surface area contributed by atoms with Crippen LogP contribution < -0.4 is 10.6 Å². The number of rotatable bonds is 3. The van der Waals surface area contributed by atoms with Crippen molar-refractivity contribution in [3.63, 3.8) is 0 Å². The molecule has 25 heavy (non-hydrogen) atoms. The van der Waals surface area contributed by atoms with E-state index in [2.05, 4.69) is 15.4 Å². The standard InChI is InChI=1S/C19H22N2O4/c1-24-17(22)16-9-12-8-14(5-6-15(12)25-16)21-18(23)19-7-3-2-4-13(19)10-20-11-19/h5-6,8-9,13,20H,2-4,7,10-11H2,1H3,(H,21,23)/t13-,19+/m0/s1. The molecule has 0 unspecified atom stereocenters. The lowest BCUT2D eigenvalue weighted by Crippen LogP contribution is -2.44. The number of hydrogen-bond acceptors (Lipinski definition) is 5. The van der Waals surface area contributed by atoms with Crippen LogP contribution in [0.15, 0.2) is 28.7 Å². The van der Waals surface area contributed by atoms with Crippen molar-refractivity contribution in [3.05, 3.63) is 30.0 Å². The van der Waals surface area contributed by atoms with Crippen molar-refractivity contribution in [1.82, 2.24) is 5.32 Å². The summed E-state index contributed by atoms with van der Waals surface area (Å²) in [5, 5.41) is 7.24. The van der Waals surface area contributed by atoms with E-state index in [0.717, 1.165) is 43.4 Å². The first-order valence-corrected chi connectivity index (χ1v) is 8.76. The molecule has 0 radical (unpaired) electrons. The van der Waals surface area contributed by atoms with E-state index in [1.54, 1.807) is 12.1 Å². The maximum Gasteiger partial charge on any atom is 0.373 e. The molecular formula is C19H22N2O4. The molecule has 0 spiro atoms. The number of methoxy groups -OCH3 is 1. The van der Waals surface area contributed by atoms with Crippen molar-refractivity contribution in [2.45, 2.75) is 25.7 Å². The van der Waals surface area contributed by atoms with Gasteiger partial charge in [0, 0.05) is 17.6 Å². The van der Waals surface area contributed by atoms with Gasteiger partial charge in [-0.2, -0.15) is 0 Å². The van der Waals surface area contributed by atoms with Crippen LogP contribution in [0.2, 0.25) is 0 Å². The normalized spacial score (nSPS) is 25.6. The molecule has 4 rings (SSSR count). The van der Waals surface area contributed by atoms with E-state index in [4.69, 9.17) is 4.42 Å². The van der Waals surface area contributed by atoms with Crippen LogP contribution in [-0.4, -0.2) is 32.1 Å². The summed E-state index contributed by atoms with van der Waals surface area (Å²) in [7, 11) is 1.32. The monoisotopic (exact) mass is 342 g/mol. The molecule has 2 aliphatic rings. The average Bonchev–Trinajstić information content (AvgIpc) is 3.25. The van der Waals surface area contributed by atoms with Gasteiger partial charge in [-0.3, -0.25) is 4.79 Å². The van der Waals surface area contributed by atoms with Gasteiger partial charge < -0.3 is 19.8 Å². The fourth-order valence-electron chi connectivity index (χ4n) is 4.27. The molecule has 2 N–H and O–H groups in total. The van der Waals surface area contributed by atoms with E-state index in [-0.39, 0.29) is 17.1 Å². The highest BCUT2D eigenvalue weighted by Crippen LogP contribution is 2.44. The molecule has 0 bridgehead atoms. The summed E-state index contributed by atoms with van der Waals surface area (Å²) >= 11 is 0. The maximum atomic E-state index is 13.0. The summed E-state index contributed by atoms with van der Waals surface area (Å²) in [6, 6.07) is 7.04. The first kappa shape index (κ1) is 16.1. The first-order valence-electron chi connectivity index (χ1n) is 8.76. The molecule has 1 amide bonds. The number of amides is 1. The molecule has 1 aliphatic carbocycles. The molecule has 1 aliphatic heterocycles. The molecule has 2 heterocycles. The Kier molecular flexibility index (Phi) is 4.00. The Morgan fingerprint density at radius 3 is 3.04 bits per heavy atom. The van der Waals surface area contributed by atoms with Gasteiger partial charge in [0.1, 0.15) is 5.58 Å². The van der Waals surface area contributed by atoms with Gasteiger partial charge in [0.2, 0.25) is 11.7 Å². The number of carbonyl (C=O) groups is 2. The summed E-state index contributed by atoms with van der Waals surface area (Å²) in [5.41, 5.74) is 1.02. The second-order valence-corrected chi connectivity index (χ2v) is 7.04. The van der Waals surface area contributed by atoms with E-state index in [9.17, 15) is 9.59 Å². The third-order valence-electron chi connectivity index (χ3n) is 5.65. The molecular weight excluding hydrogens is 320 g/mol. The number of hydrogen-bond donors (Lipinski definition) is 2. The SMILES string of the molecule is COC(=O)c1cc2cc(NC(=O)[C@@]34CCCC[C@H]3CNC4)ccc2o1. The second-order valence-electron chi connectivity index (χ2n) is 7.04. The number of carbonyl (C=O) groups excluding carboxylic acids is 2. The van der Waals surface area contributed by atoms with E-state index in [0.29, 0.717) is 11.5 Å². The van der Waals surface area contributed by atoms with Crippen LogP contribution in [0, 0.1) is 11.3 Å². The zero-order chi connectivity index (χ0) is 17.4. The number of fused-ring (bicyclic) bond motifs is 2. The number of ether oxygens (including phenoxy) is 1. The Labute approximate surface area is 145 Å². The van der Waals surface area contributed by atoms with Gasteiger partial charge in [-0.15, -0.1) is 0 Å². The Bertz CT molecular complexity index is 828. The highest BCUT2D eigenvalue weighted by atomic mass is 16.5. The molecule has 1 saturated carbocycles. The number of nitrogens with one attached hydrogen (secondary N) is 2. The predicted octanol–water partition coefficient (Wildman–Crippen LogP) is 2.94. The molecule has 1 saturated heterocycles. The van der Waals surface area contributed by atoms with Crippen LogP contribution in [-0.2, 0) is 9.53 Å². The Hall–Kier alpha value is -2.34. The maximum absolute atomic E-state index is 13.0. The Morgan fingerprint density at radius 1 is 1.32 bits per heavy atom. The summed E-state index contributed by atoms with van der Waals surface area (Å²) in [4.78, 5) is 24.6. The van der Waals surface area contributed by atoms with E-state index < -0.39 is 5.97 Å². The van der Waals surface area contributed by atoms with E-state index in [1.165, 1.54) is 13.5 Å². The molecule has 2 aromatic rings. The minimum Gasteiger partial charge on any atom is -0.463 e. The third-order valence-corrected chi connectivity index (χ3v) is 5.65. The van der Waals surface area contributed by atoms with Crippen LogP contribution in [0.3, 0.4) is 0 Å². The van der Waals surface area contributed by atoms with Crippen LogP contribution in [0.4, 0.5) is 5.69 Å². The minimum atomic E-state index is -0.511. The first-order chi connectivity index (χ1) is 12.1. The fourth-order valence-corrected chi connectivity index (χ4v) is 4.27. The summed E-state index contributed by atoms with van der Waals surface area (Å²) in [6.45, 7) is 1.68. The highest BCUT2D eigenvalue weighted by molar-refractivity contribution is 5.99. The van der Waals surface area contributed by atoms with Crippen LogP contribution in [0.25, 0.3) is 11.0 Å². The van der Waals surface area contributed by atoms with Gasteiger partial charge in [0.05, 0.1) is 12.5 Å². The van der Waals surface area contributed by atoms with Crippen LogP contribution >= 0.6 is 0 Å². The van der Waals surface area contributed by atoms with Crippen molar-refractivity contribution >= 4 is 28.5 Å². The molecule has 6 heteroatoms. The van der Waals surface area contributed by atoms with Gasteiger partial charge in [0.15, 0.2) is 0 Å². The zero-order valence-electron chi connectivity index (χ0n) is 14.3. The lowest BCUT2D eigenvalue weighted by molar-refractivity contribution is -0.128. The topological polar surface area (TPSA) is 80.6 Å².